The molecular formula is C23H26N2O2. The van der Waals surface area contributed by atoms with Crippen LogP contribution in [0.15, 0.2) is 54.6 Å². The van der Waals surface area contributed by atoms with E-state index >= 15 is 0 Å². The van der Waals surface area contributed by atoms with E-state index in [2.05, 4.69) is 53.4 Å². The number of amides is 1. The van der Waals surface area contributed by atoms with Gasteiger partial charge in [-0.3, -0.25) is 4.90 Å². The van der Waals surface area contributed by atoms with E-state index in [0.717, 1.165) is 31.6 Å². The number of fused-ring (bicyclic) bond motifs is 4. The number of carbonyl (C=O) groups is 1. The molecule has 4 aliphatic rings. The van der Waals surface area contributed by atoms with Crippen molar-refractivity contribution in [2.45, 2.75) is 24.8 Å². The van der Waals surface area contributed by atoms with Crippen molar-refractivity contribution in [1.82, 2.24) is 9.80 Å². The Balaban J connectivity index is 1.79. The minimum absolute atomic E-state index is 0.292. The molecule has 0 spiro atoms. The Morgan fingerprint density at radius 3 is 2.33 bits per heavy atom. The zero-order valence-corrected chi connectivity index (χ0v) is 15.6. The van der Waals surface area contributed by atoms with Crippen molar-refractivity contribution < 1.29 is 9.90 Å². The Morgan fingerprint density at radius 1 is 0.963 bits per heavy atom. The molecule has 140 valence electrons. The monoisotopic (exact) mass is 362 g/mol. The van der Waals surface area contributed by atoms with Crippen molar-refractivity contribution in [2.75, 3.05) is 26.2 Å². The van der Waals surface area contributed by atoms with Gasteiger partial charge in [0.2, 0.25) is 0 Å². The minimum atomic E-state index is -0.801. The second-order valence-corrected chi connectivity index (χ2v) is 8.22. The second-order valence-electron chi connectivity index (χ2n) is 8.22. The van der Waals surface area contributed by atoms with E-state index in [9.17, 15) is 9.90 Å². The fraction of sp³-hybridized carbons (Fsp3) is 0.435. The summed E-state index contributed by atoms with van der Waals surface area (Å²) in [5, 5.41) is 10.3. The quantitative estimate of drug-likeness (QED) is 0.883. The molecule has 3 fully saturated rings. The first-order valence-corrected chi connectivity index (χ1v) is 10.1. The van der Waals surface area contributed by atoms with Crippen LogP contribution in [0.3, 0.4) is 0 Å². The average Bonchev–Trinajstić information content (AvgIpc) is 2.74. The highest BCUT2D eigenvalue weighted by Crippen LogP contribution is 2.52. The van der Waals surface area contributed by atoms with Crippen LogP contribution in [0.4, 0.5) is 4.79 Å². The predicted octanol–water partition coefficient (Wildman–Crippen LogP) is 3.81. The molecular weight excluding hydrogens is 336 g/mol. The molecule has 4 heterocycles. The summed E-state index contributed by atoms with van der Waals surface area (Å²) >= 11 is 0. The molecule has 0 unspecified atom stereocenters. The summed E-state index contributed by atoms with van der Waals surface area (Å²) in [5.74, 6) is 0.864. The lowest BCUT2D eigenvalue weighted by Gasteiger charge is -2.58. The fourth-order valence-corrected chi connectivity index (χ4v) is 5.97. The maximum absolute atomic E-state index is 12.5. The maximum Gasteiger partial charge on any atom is 0.408 e. The lowest BCUT2D eigenvalue weighted by molar-refractivity contribution is -0.0422. The number of benzene rings is 2. The van der Waals surface area contributed by atoms with E-state index in [1.165, 1.54) is 24.0 Å². The van der Waals surface area contributed by atoms with Crippen LogP contribution in [0.2, 0.25) is 0 Å². The summed E-state index contributed by atoms with van der Waals surface area (Å²) in [4.78, 5) is 16.8. The van der Waals surface area contributed by atoms with Gasteiger partial charge in [0.25, 0.3) is 0 Å². The summed E-state index contributed by atoms with van der Waals surface area (Å²) in [7, 11) is 0. The van der Waals surface area contributed by atoms with E-state index < -0.39 is 11.6 Å². The summed E-state index contributed by atoms with van der Waals surface area (Å²) in [6, 6.07) is 18.9. The third kappa shape index (κ3) is 2.43. The van der Waals surface area contributed by atoms with Gasteiger partial charge in [-0.25, -0.2) is 4.79 Å². The van der Waals surface area contributed by atoms with Gasteiger partial charge in [-0.2, -0.15) is 0 Å². The van der Waals surface area contributed by atoms with Crippen LogP contribution < -0.4 is 0 Å². The van der Waals surface area contributed by atoms with Gasteiger partial charge in [-0.15, -0.1) is 0 Å². The smallest absolute Gasteiger partial charge is 0.408 e. The second kappa shape index (κ2) is 6.38. The zero-order chi connectivity index (χ0) is 18.4. The van der Waals surface area contributed by atoms with E-state index in [4.69, 9.17) is 0 Å². The number of carboxylic acid groups (broad SMARTS) is 1. The molecule has 27 heavy (non-hydrogen) atoms. The van der Waals surface area contributed by atoms with Crippen LogP contribution in [0.5, 0.6) is 0 Å². The van der Waals surface area contributed by atoms with Gasteiger partial charge in [0.1, 0.15) is 5.54 Å². The van der Waals surface area contributed by atoms with Crippen molar-refractivity contribution in [3.05, 3.63) is 71.3 Å². The summed E-state index contributed by atoms with van der Waals surface area (Å²) < 4.78 is 0. The van der Waals surface area contributed by atoms with Crippen LogP contribution in [0, 0.1) is 11.8 Å². The SMILES string of the molecule is O=C(O)N1CCc2ccccc2[C@]1(c1ccccc1)[C@@H]1CN2CCC1CC2. The van der Waals surface area contributed by atoms with Crippen molar-refractivity contribution in [3.8, 4) is 0 Å². The predicted molar refractivity (Wildman–Crippen MR) is 105 cm³/mol. The first kappa shape index (κ1) is 16.8. The summed E-state index contributed by atoms with van der Waals surface area (Å²) in [6.07, 6.45) is 2.34. The lowest BCUT2D eigenvalue weighted by Crippen LogP contribution is -2.64. The van der Waals surface area contributed by atoms with Gasteiger partial charge in [0.15, 0.2) is 0 Å². The van der Waals surface area contributed by atoms with E-state index in [1.807, 2.05) is 6.07 Å². The molecule has 2 bridgehead atoms. The molecule has 2 atom stereocenters. The molecule has 4 nitrogen and oxygen atoms in total. The highest BCUT2D eigenvalue weighted by Gasteiger charge is 2.56. The molecule has 4 heteroatoms. The highest BCUT2D eigenvalue weighted by atomic mass is 16.4. The van der Waals surface area contributed by atoms with Gasteiger partial charge in [-0.1, -0.05) is 54.6 Å². The van der Waals surface area contributed by atoms with Crippen LogP contribution in [-0.4, -0.2) is 47.2 Å². The van der Waals surface area contributed by atoms with Crippen molar-refractivity contribution in [1.29, 1.82) is 0 Å². The molecule has 1 amide bonds. The molecule has 4 aliphatic heterocycles. The first-order valence-electron chi connectivity index (χ1n) is 10.1. The number of hydrogen-bond donors (Lipinski definition) is 1. The minimum Gasteiger partial charge on any atom is -0.465 e. The third-order valence-corrected chi connectivity index (χ3v) is 7.10. The molecule has 0 saturated carbocycles. The Hall–Kier alpha value is -2.33. The number of rotatable bonds is 2. The first-order chi connectivity index (χ1) is 13.2. The molecule has 2 aromatic carbocycles. The van der Waals surface area contributed by atoms with Crippen molar-refractivity contribution in [2.24, 2.45) is 11.8 Å². The van der Waals surface area contributed by atoms with Gasteiger partial charge in [0, 0.05) is 19.0 Å². The van der Waals surface area contributed by atoms with E-state index in [-0.39, 0.29) is 0 Å². The normalized spacial score (nSPS) is 32.1. The van der Waals surface area contributed by atoms with Gasteiger partial charge in [-0.05, 0) is 55.0 Å². The Morgan fingerprint density at radius 2 is 1.67 bits per heavy atom. The average molecular weight is 362 g/mol. The summed E-state index contributed by atoms with van der Waals surface area (Å²) in [5.41, 5.74) is 3.03. The third-order valence-electron chi connectivity index (χ3n) is 7.10. The molecule has 0 aliphatic carbocycles. The van der Waals surface area contributed by atoms with Crippen LogP contribution in [-0.2, 0) is 12.0 Å². The van der Waals surface area contributed by atoms with E-state index in [1.54, 1.807) is 4.90 Å². The number of nitrogens with zero attached hydrogens (tertiary/aromatic N) is 2. The summed E-state index contributed by atoms with van der Waals surface area (Å²) in [6.45, 7) is 3.85. The molecule has 6 rings (SSSR count). The van der Waals surface area contributed by atoms with Crippen LogP contribution in [0.1, 0.15) is 29.5 Å². The number of piperidine rings is 3. The molecule has 2 aromatic rings. The molecule has 1 N–H and O–H groups in total. The van der Waals surface area contributed by atoms with Gasteiger partial charge in [0.05, 0.1) is 0 Å². The van der Waals surface area contributed by atoms with Crippen LogP contribution >= 0.6 is 0 Å². The van der Waals surface area contributed by atoms with Gasteiger partial charge < -0.3 is 10.0 Å². The van der Waals surface area contributed by atoms with Crippen molar-refractivity contribution in [3.63, 3.8) is 0 Å². The maximum atomic E-state index is 12.5. The molecule has 0 radical (unpaired) electrons. The Labute approximate surface area is 160 Å². The fourth-order valence-electron chi connectivity index (χ4n) is 5.97. The Bertz CT molecular complexity index is 844. The topological polar surface area (TPSA) is 43.8 Å². The highest BCUT2D eigenvalue weighted by molar-refractivity contribution is 5.70. The van der Waals surface area contributed by atoms with Crippen LogP contribution in [0.25, 0.3) is 0 Å². The Kier molecular flexibility index (Phi) is 3.97. The largest absolute Gasteiger partial charge is 0.465 e. The standard InChI is InChI=1S/C23H26N2O2/c26-22(27)25-15-12-17-6-4-5-9-20(17)23(25,19-7-2-1-3-8-19)21-16-24-13-10-18(21)11-14-24/h1-9,18,21H,10-16H2,(H,26,27)/t21-,23-/m1/s1. The van der Waals surface area contributed by atoms with Gasteiger partial charge >= 0.3 is 6.09 Å². The molecule has 0 aromatic heterocycles. The lowest BCUT2D eigenvalue weighted by atomic mass is 9.60. The molecule has 3 saturated heterocycles. The van der Waals surface area contributed by atoms with Crippen molar-refractivity contribution >= 4 is 6.09 Å². The van der Waals surface area contributed by atoms with E-state index in [0.29, 0.717) is 18.4 Å². The zero-order valence-electron chi connectivity index (χ0n) is 15.6. The number of hydrogen-bond acceptors (Lipinski definition) is 2.